The largest absolute Gasteiger partial charge is 0.326 e. The first-order chi connectivity index (χ1) is 15.6. The zero-order valence-electron chi connectivity index (χ0n) is 18.9. The van der Waals surface area contributed by atoms with Gasteiger partial charge < -0.3 is 5.32 Å². The second kappa shape index (κ2) is 9.87. The average molecular weight is 489 g/mol. The molecule has 2 heterocycles. The molecule has 0 aliphatic heterocycles. The van der Waals surface area contributed by atoms with Crippen molar-refractivity contribution in [2.24, 2.45) is 0 Å². The molecular formula is C22H25ClN6O3S. The molecule has 33 heavy (non-hydrogen) atoms. The third-order valence-electron chi connectivity index (χ3n) is 5.47. The minimum absolute atomic E-state index is 0.0426. The molecule has 2 aromatic heterocycles. The number of benzene rings is 1. The quantitative estimate of drug-likeness (QED) is 0.518. The highest BCUT2D eigenvalue weighted by atomic mass is 35.5. The van der Waals surface area contributed by atoms with Gasteiger partial charge in [0.15, 0.2) is 5.65 Å². The molecule has 0 radical (unpaired) electrons. The Morgan fingerprint density at radius 3 is 2.61 bits per heavy atom. The maximum Gasteiger partial charge on any atom is 0.244 e. The number of rotatable bonds is 8. The zero-order valence-corrected chi connectivity index (χ0v) is 20.5. The molecular weight excluding hydrogens is 464 g/mol. The van der Waals surface area contributed by atoms with Crippen LogP contribution in [0.3, 0.4) is 0 Å². The van der Waals surface area contributed by atoms with Gasteiger partial charge in [-0.2, -0.15) is 14.7 Å². The van der Waals surface area contributed by atoms with E-state index in [2.05, 4.69) is 21.5 Å². The standard InChI is InChI=1S/C22H25ClN6O3S/c1-5-28(6-2)33(31,32)20-11-17(7-9-19(20)23)27-21(30)10-8-18-14(3)26-22-16(12-24)13-25-29(22)15(18)4/h7,9,11,13H,5-6,8,10H2,1-4H3,(H,27,30). The third-order valence-corrected chi connectivity index (χ3v) is 8.00. The molecule has 11 heteroatoms. The Morgan fingerprint density at radius 1 is 1.27 bits per heavy atom. The van der Waals surface area contributed by atoms with E-state index in [-0.39, 0.29) is 22.2 Å². The van der Waals surface area contributed by atoms with Crippen LogP contribution in [0.15, 0.2) is 29.3 Å². The van der Waals surface area contributed by atoms with E-state index >= 15 is 0 Å². The summed E-state index contributed by atoms with van der Waals surface area (Å²) in [5, 5.41) is 16.3. The summed E-state index contributed by atoms with van der Waals surface area (Å²) in [5.74, 6) is -0.277. The number of carbonyl (C=O) groups is 1. The molecule has 1 N–H and O–H groups in total. The predicted octanol–water partition coefficient (Wildman–Crippen LogP) is 3.47. The van der Waals surface area contributed by atoms with Crippen LogP contribution in [0.5, 0.6) is 0 Å². The third kappa shape index (κ3) is 4.85. The van der Waals surface area contributed by atoms with Gasteiger partial charge in [0.1, 0.15) is 16.5 Å². The van der Waals surface area contributed by atoms with Crippen LogP contribution in [0.2, 0.25) is 5.02 Å². The van der Waals surface area contributed by atoms with Crippen molar-refractivity contribution < 1.29 is 13.2 Å². The van der Waals surface area contributed by atoms with Gasteiger partial charge in [-0.05, 0) is 44.0 Å². The van der Waals surface area contributed by atoms with Gasteiger partial charge in [-0.25, -0.2) is 17.9 Å². The fraction of sp³-hybridized carbons (Fsp3) is 0.364. The number of halogens is 1. The lowest BCUT2D eigenvalue weighted by Crippen LogP contribution is -2.30. The number of nitriles is 1. The summed E-state index contributed by atoms with van der Waals surface area (Å²) in [5.41, 5.74) is 3.64. The van der Waals surface area contributed by atoms with Crippen LogP contribution in [0.25, 0.3) is 5.65 Å². The Hall–Kier alpha value is -3.00. The molecule has 3 aromatic rings. The van der Waals surface area contributed by atoms with E-state index in [0.717, 1.165) is 17.0 Å². The molecule has 0 saturated carbocycles. The number of sulfonamides is 1. The first-order valence-electron chi connectivity index (χ1n) is 10.5. The molecule has 0 saturated heterocycles. The topological polar surface area (TPSA) is 120 Å². The van der Waals surface area contributed by atoms with E-state index in [1.807, 2.05) is 13.8 Å². The van der Waals surface area contributed by atoms with Gasteiger partial charge in [-0.3, -0.25) is 4.79 Å². The molecule has 3 rings (SSSR count). The van der Waals surface area contributed by atoms with Crippen LogP contribution in [0.4, 0.5) is 5.69 Å². The average Bonchev–Trinajstić information content (AvgIpc) is 3.18. The number of anilines is 1. The molecule has 174 valence electrons. The van der Waals surface area contributed by atoms with Gasteiger partial charge in [0, 0.05) is 36.6 Å². The van der Waals surface area contributed by atoms with Gasteiger partial charge in [-0.15, -0.1) is 0 Å². The molecule has 0 atom stereocenters. The Kier molecular flexibility index (Phi) is 7.37. The molecule has 9 nitrogen and oxygen atoms in total. The summed E-state index contributed by atoms with van der Waals surface area (Å²) in [6.07, 6.45) is 2.03. The number of fused-ring (bicyclic) bond motifs is 1. The van der Waals surface area contributed by atoms with Crippen molar-refractivity contribution in [3.63, 3.8) is 0 Å². The predicted molar refractivity (Wildman–Crippen MR) is 126 cm³/mol. The highest BCUT2D eigenvalue weighted by Crippen LogP contribution is 2.28. The van der Waals surface area contributed by atoms with Crippen molar-refractivity contribution in [2.75, 3.05) is 18.4 Å². The Bertz CT molecular complexity index is 1360. The van der Waals surface area contributed by atoms with Gasteiger partial charge in [0.25, 0.3) is 0 Å². The fourth-order valence-electron chi connectivity index (χ4n) is 3.70. The lowest BCUT2D eigenvalue weighted by molar-refractivity contribution is -0.116. The van der Waals surface area contributed by atoms with Crippen LogP contribution in [-0.2, 0) is 21.2 Å². The molecule has 0 aliphatic carbocycles. The molecule has 0 aliphatic rings. The number of amides is 1. The lowest BCUT2D eigenvalue weighted by atomic mass is 10.1. The van der Waals surface area contributed by atoms with Crippen molar-refractivity contribution in [2.45, 2.75) is 45.4 Å². The van der Waals surface area contributed by atoms with Gasteiger partial charge >= 0.3 is 0 Å². The van der Waals surface area contributed by atoms with Crippen molar-refractivity contribution in [1.29, 1.82) is 5.26 Å². The summed E-state index contributed by atoms with van der Waals surface area (Å²) in [6.45, 7) is 7.83. The van der Waals surface area contributed by atoms with E-state index < -0.39 is 10.0 Å². The minimum Gasteiger partial charge on any atom is -0.326 e. The van der Waals surface area contributed by atoms with E-state index in [1.165, 1.54) is 22.6 Å². The number of hydrogen-bond donors (Lipinski definition) is 1. The van der Waals surface area contributed by atoms with E-state index in [1.54, 1.807) is 24.4 Å². The molecule has 1 aromatic carbocycles. The highest BCUT2D eigenvalue weighted by Gasteiger charge is 2.25. The molecule has 0 bridgehead atoms. The summed E-state index contributed by atoms with van der Waals surface area (Å²) >= 11 is 6.16. The van der Waals surface area contributed by atoms with Crippen LogP contribution < -0.4 is 5.32 Å². The number of nitrogens with one attached hydrogen (secondary N) is 1. The first-order valence-corrected chi connectivity index (χ1v) is 12.3. The van der Waals surface area contributed by atoms with Crippen LogP contribution in [0, 0.1) is 25.2 Å². The summed E-state index contributed by atoms with van der Waals surface area (Å²) < 4.78 is 28.6. The Labute approximate surface area is 198 Å². The van der Waals surface area contributed by atoms with Gasteiger partial charge in [-0.1, -0.05) is 25.4 Å². The smallest absolute Gasteiger partial charge is 0.244 e. The van der Waals surface area contributed by atoms with E-state index in [4.69, 9.17) is 11.6 Å². The molecule has 0 spiro atoms. The molecule has 0 unspecified atom stereocenters. The van der Waals surface area contributed by atoms with Crippen LogP contribution >= 0.6 is 11.6 Å². The summed E-state index contributed by atoms with van der Waals surface area (Å²) in [7, 11) is -3.77. The molecule has 0 fully saturated rings. The van der Waals surface area contributed by atoms with Gasteiger partial charge in [0.2, 0.25) is 15.9 Å². The first kappa shape index (κ1) is 24.6. The van der Waals surface area contributed by atoms with E-state index in [9.17, 15) is 18.5 Å². The SMILES string of the molecule is CCN(CC)S(=O)(=O)c1cc(NC(=O)CCc2c(C)nc3c(C#N)cnn3c2C)ccc1Cl. The van der Waals surface area contributed by atoms with Crippen molar-refractivity contribution in [3.05, 3.63) is 51.9 Å². The Morgan fingerprint density at radius 2 is 1.97 bits per heavy atom. The molecule has 1 amide bonds. The second-order valence-corrected chi connectivity index (χ2v) is 9.76. The number of carbonyl (C=O) groups excluding carboxylic acids is 1. The summed E-state index contributed by atoms with van der Waals surface area (Å²) in [4.78, 5) is 17.1. The fourth-order valence-corrected chi connectivity index (χ4v) is 5.65. The maximum absolute atomic E-state index is 12.9. The second-order valence-electron chi connectivity index (χ2n) is 7.45. The number of nitrogens with zero attached hydrogens (tertiary/aromatic N) is 5. The van der Waals surface area contributed by atoms with E-state index in [0.29, 0.717) is 36.4 Å². The van der Waals surface area contributed by atoms with Crippen LogP contribution in [-0.4, -0.2) is 46.3 Å². The van der Waals surface area contributed by atoms with Crippen LogP contribution in [0.1, 0.15) is 42.8 Å². The van der Waals surface area contributed by atoms with Crippen molar-refractivity contribution >= 4 is 38.9 Å². The zero-order chi connectivity index (χ0) is 24.3. The number of hydrogen-bond acceptors (Lipinski definition) is 6. The lowest BCUT2D eigenvalue weighted by Gasteiger charge is -2.19. The number of aromatic nitrogens is 3. The highest BCUT2D eigenvalue weighted by molar-refractivity contribution is 7.89. The minimum atomic E-state index is -3.77. The normalized spacial score (nSPS) is 11.7. The van der Waals surface area contributed by atoms with Crippen molar-refractivity contribution in [1.82, 2.24) is 18.9 Å². The van der Waals surface area contributed by atoms with Gasteiger partial charge in [0.05, 0.1) is 11.2 Å². The Balaban J connectivity index is 1.78. The monoisotopic (exact) mass is 488 g/mol. The maximum atomic E-state index is 12.9. The van der Waals surface area contributed by atoms with Crippen molar-refractivity contribution in [3.8, 4) is 6.07 Å². The number of aryl methyl sites for hydroxylation is 2. The summed E-state index contributed by atoms with van der Waals surface area (Å²) in [6, 6.07) is 6.48.